The predicted molar refractivity (Wildman–Crippen MR) is 87.2 cm³/mol. The summed E-state index contributed by atoms with van der Waals surface area (Å²) in [6.07, 6.45) is 4.55. The smallest absolute Gasteiger partial charge is 0.205 e. The van der Waals surface area contributed by atoms with Crippen LogP contribution in [0, 0.1) is 0 Å². The van der Waals surface area contributed by atoms with Crippen LogP contribution in [0.15, 0.2) is 24.5 Å². The average Bonchev–Trinajstić information content (AvgIpc) is 3.03. The Balaban J connectivity index is 1.50. The molecular weight excluding hydrogens is 298 g/mol. The van der Waals surface area contributed by atoms with Gasteiger partial charge in [0.15, 0.2) is 0 Å². The van der Waals surface area contributed by atoms with Gasteiger partial charge in [-0.15, -0.1) is 0 Å². The van der Waals surface area contributed by atoms with Gasteiger partial charge in [0.1, 0.15) is 5.82 Å². The summed E-state index contributed by atoms with van der Waals surface area (Å²) < 4.78 is 9.47. The third-order valence-electron chi connectivity index (χ3n) is 3.76. The van der Waals surface area contributed by atoms with Crippen molar-refractivity contribution < 1.29 is 4.74 Å². The minimum absolute atomic E-state index is 0.676. The van der Waals surface area contributed by atoms with Gasteiger partial charge in [0, 0.05) is 70.2 Å². The molecule has 118 valence electrons. The van der Waals surface area contributed by atoms with E-state index in [-0.39, 0.29) is 0 Å². The molecule has 3 rings (SSSR count). The quantitative estimate of drug-likeness (QED) is 0.803. The highest BCUT2D eigenvalue weighted by atomic mass is 32.1. The molecule has 0 aliphatic carbocycles. The molecule has 0 amide bonds. The lowest BCUT2D eigenvalue weighted by Gasteiger charge is -2.34. The molecule has 1 saturated heterocycles. The molecule has 3 heterocycles. The third-order valence-corrected chi connectivity index (χ3v) is 4.57. The van der Waals surface area contributed by atoms with Crippen LogP contribution in [-0.2, 0) is 17.7 Å². The van der Waals surface area contributed by atoms with Crippen molar-refractivity contribution in [1.82, 2.24) is 19.2 Å². The van der Waals surface area contributed by atoms with Crippen LogP contribution in [0.1, 0.15) is 11.4 Å². The second kappa shape index (κ2) is 7.62. The van der Waals surface area contributed by atoms with Crippen LogP contribution < -0.4 is 4.90 Å². The molecular formula is C15H21N5OS. The Kier molecular flexibility index (Phi) is 5.31. The van der Waals surface area contributed by atoms with Crippen LogP contribution in [0.4, 0.5) is 5.13 Å². The number of anilines is 1. The first-order chi connectivity index (χ1) is 10.8. The van der Waals surface area contributed by atoms with Gasteiger partial charge < -0.3 is 9.64 Å². The number of piperazine rings is 1. The molecule has 2 aromatic heterocycles. The van der Waals surface area contributed by atoms with Gasteiger partial charge >= 0.3 is 0 Å². The van der Waals surface area contributed by atoms with Crippen LogP contribution in [0.3, 0.4) is 0 Å². The van der Waals surface area contributed by atoms with Gasteiger partial charge in [-0.25, -0.2) is 4.98 Å². The largest absolute Gasteiger partial charge is 0.384 e. The maximum Gasteiger partial charge on any atom is 0.205 e. The molecule has 7 heteroatoms. The maximum atomic E-state index is 5.07. The van der Waals surface area contributed by atoms with Gasteiger partial charge in [-0.1, -0.05) is 6.07 Å². The normalized spacial score (nSPS) is 16.1. The molecule has 0 radical (unpaired) electrons. The minimum atomic E-state index is 0.676. The van der Waals surface area contributed by atoms with Crippen LogP contribution >= 0.6 is 11.5 Å². The number of aromatic nitrogens is 3. The Morgan fingerprint density at radius 3 is 2.86 bits per heavy atom. The monoisotopic (exact) mass is 319 g/mol. The van der Waals surface area contributed by atoms with Crippen LogP contribution in [0.25, 0.3) is 0 Å². The highest BCUT2D eigenvalue weighted by Gasteiger charge is 2.20. The second-order valence-electron chi connectivity index (χ2n) is 5.36. The summed E-state index contributed by atoms with van der Waals surface area (Å²) in [4.78, 5) is 13.6. The van der Waals surface area contributed by atoms with E-state index < -0.39 is 0 Å². The number of hydrogen-bond acceptors (Lipinski definition) is 7. The first-order valence-electron chi connectivity index (χ1n) is 7.53. The van der Waals surface area contributed by atoms with E-state index in [0.717, 1.165) is 50.1 Å². The van der Waals surface area contributed by atoms with E-state index in [9.17, 15) is 0 Å². The number of pyridine rings is 1. The van der Waals surface area contributed by atoms with Gasteiger partial charge in [0.25, 0.3) is 0 Å². The van der Waals surface area contributed by atoms with Gasteiger partial charge in [0.2, 0.25) is 5.13 Å². The molecule has 1 aliphatic rings. The second-order valence-corrected chi connectivity index (χ2v) is 6.09. The summed E-state index contributed by atoms with van der Waals surface area (Å²) in [6.45, 7) is 5.73. The molecule has 0 saturated carbocycles. The van der Waals surface area contributed by atoms with E-state index in [1.54, 1.807) is 7.11 Å². The Labute approximate surface area is 134 Å². The van der Waals surface area contributed by atoms with E-state index in [1.807, 2.05) is 18.5 Å². The van der Waals surface area contributed by atoms with Gasteiger partial charge in [-0.3, -0.25) is 9.88 Å². The fourth-order valence-corrected chi connectivity index (χ4v) is 3.28. The molecule has 0 bridgehead atoms. The number of methoxy groups -OCH3 is 1. The molecule has 0 aromatic carbocycles. The van der Waals surface area contributed by atoms with Crippen molar-refractivity contribution >= 4 is 16.7 Å². The first kappa shape index (κ1) is 15.3. The lowest BCUT2D eigenvalue weighted by atomic mass is 10.2. The summed E-state index contributed by atoms with van der Waals surface area (Å²) in [5, 5.41) is 1.03. The van der Waals surface area contributed by atoms with Crippen molar-refractivity contribution in [2.45, 2.75) is 13.0 Å². The molecule has 1 fully saturated rings. The summed E-state index contributed by atoms with van der Waals surface area (Å²) in [5.74, 6) is 0.889. The Morgan fingerprint density at radius 1 is 1.27 bits per heavy atom. The molecule has 0 N–H and O–H groups in total. The topological polar surface area (TPSA) is 54.4 Å². The van der Waals surface area contributed by atoms with Crippen molar-refractivity contribution in [3.05, 3.63) is 35.9 Å². The zero-order chi connectivity index (χ0) is 15.2. The minimum Gasteiger partial charge on any atom is -0.384 e. The van der Waals surface area contributed by atoms with Crippen molar-refractivity contribution in [2.75, 3.05) is 44.8 Å². The Morgan fingerprint density at radius 2 is 2.14 bits per heavy atom. The summed E-state index contributed by atoms with van der Waals surface area (Å²) in [5.41, 5.74) is 1.27. The summed E-state index contributed by atoms with van der Waals surface area (Å²) in [7, 11) is 1.70. The van der Waals surface area contributed by atoms with E-state index in [2.05, 4.69) is 30.2 Å². The van der Waals surface area contributed by atoms with E-state index >= 15 is 0 Å². The molecule has 0 atom stereocenters. The number of rotatable bonds is 6. The maximum absolute atomic E-state index is 5.07. The number of hydrogen-bond donors (Lipinski definition) is 0. The molecule has 6 nitrogen and oxygen atoms in total. The zero-order valence-electron chi connectivity index (χ0n) is 12.8. The summed E-state index contributed by atoms with van der Waals surface area (Å²) >= 11 is 1.49. The van der Waals surface area contributed by atoms with Crippen LogP contribution in [-0.4, -0.2) is 59.1 Å². The van der Waals surface area contributed by atoms with Crippen molar-refractivity contribution in [3.63, 3.8) is 0 Å². The SMILES string of the molecule is COCCc1nsc(N2CCN(Cc3cccnc3)CC2)n1. The van der Waals surface area contributed by atoms with Crippen LogP contribution in [0.5, 0.6) is 0 Å². The average molecular weight is 319 g/mol. The predicted octanol–water partition coefficient (Wildman–Crippen LogP) is 1.44. The molecule has 0 spiro atoms. The standard InChI is InChI=1S/C15H21N5OS/c1-21-10-4-14-17-15(22-18-14)20-8-6-19(7-9-20)12-13-3-2-5-16-11-13/h2-3,5,11H,4,6-10,12H2,1H3. The van der Waals surface area contributed by atoms with Crippen LogP contribution in [0.2, 0.25) is 0 Å². The first-order valence-corrected chi connectivity index (χ1v) is 8.30. The lowest BCUT2D eigenvalue weighted by molar-refractivity contribution is 0.201. The Bertz CT molecular complexity index is 568. The fraction of sp³-hybridized carbons (Fsp3) is 0.533. The third kappa shape index (κ3) is 4.00. The van der Waals surface area contributed by atoms with Crippen molar-refractivity contribution in [3.8, 4) is 0 Å². The molecule has 1 aliphatic heterocycles. The Hall–Kier alpha value is -1.57. The van der Waals surface area contributed by atoms with Crippen molar-refractivity contribution in [2.24, 2.45) is 0 Å². The molecule has 0 unspecified atom stereocenters. The lowest BCUT2D eigenvalue weighted by Crippen LogP contribution is -2.45. The number of ether oxygens (including phenoxy) is 1. The molecule has 22 heavy (non-hydrogen) atoms. The van der Waals surface area contributed by atoms with E-state index in [1.165, 1.54) is 17.1 Å². The zero-order valence-corrected chi connectivity index (χ0v) is 13.6. The van der Waals surface area contributed by atoms with Gasteiger partial charge in [0.05, 0.1) is 6.61 Å². The number of nitrogens with zero attached hydrogens (tertiary/aromatic N) is 5. The highest BCUT2D eigenvalue weighted by Crippen LogP contribution is 2.19. The molecule has 2 aromatic rings. The van der Waals surface area contributed by atoms with E-state index in [0.29, 0.717) is 6.61 Å². The fourth-order valence-electron chi connectivity index (χ4n) is 2.52. The van der Waals surface area contributed by atoms with E-state index in [4.69, 9.17) is 4.74 Å². The van der Waals surface area contributed by atoms with Gasteiger partial charge in [-0.2, -0.15) is 4.37 Å². The van der Waals surface area contributed by atoms with Gasteiger partial charge in [-0.05, 0) is 11.6 Å². The van der Waals surface area contributed by atoms with Crippen molar-refractivity contribution in [1.29, 1.82) is 0 Å². The highest BCUT2D eigenvalue weighted by molar-refractivity contribution is 7.09. The summed E-state index contributed by atoms with van der Waals surface area (Å²) in [6, 6.07) is 4.13.